The number of aromatic nitrogens is 4. The van der Waals surface area contributed by atoms with Gasteiger partial charge in [-0.3, -0.25) is 9.30 Å². The summed E-state index contributed by atoms with van der Waals surface area (Å²) in [4.78, 5) is 6.97. The Balaban J connectivity index is 1.47. The molecule has 1 aromatic carbocycles. The Morgan fingerprint density at radius 1 is 1.08 bits per heavy atom. The maximum atomic E-state index is 4.56. The summed E-state index contributed by atoms with van der Waals surface area (Å²) in [6.45, 7) is 1.07. The average molecular weight is 334 g/mol. The lowest BCUT2D eigenvalue weighted by Crippen LogP contribution is -2.29. The van der Waals surface area contributed by atoms with Crippen LogP contribution in [0.5, 0.6) is 0 Å². The highest BCUT2D eigenvalue weighted by Gasteiger charge is 2.34. The van der Waals surface area contributed by atoms with Crippen LogP contribution >= 0.6 is 0 Å². The summed E-state index contributed by atoms with van der Waals surface area (Å²) in [6.07, 6.45) is 7.34. The van der Waals surface area contributed by atoms with Crippen LogP contribution in [0.3, 0.4) is 0 Å². The van der Waals surface area contributed by atoms with Crippen LogP contribution in [0.15, 0.2) is 42.7 Å². The zero-order valence-electron chi connectivity index (χ0n) is 14.3. The maximum absolute atomic E-state index is 4.56. The molecule has 0 spiro atoms. The molecule has 0 radical (unpaired) electrons. The van der Waals surface area contributed by atoms with Crippen LogP contribution in [0.25, 0.3) is 5.65 Å². The first-order valence-electron chi connectivity index (χ1n) is 9.02. The summed E-state index contributed by atoms with van der Waals surface area (Å²) < 4.78 is 2.10. The monoisotopic (exact) mass is 334 g/mol. The van der Waals surface area contributed by atoms with Gasteiger partial charge in [0.15, 0.2) is 5.82 Å². The molecular weight excluding hydrogens is 312 g/mol. The van der Waals surface area contributed by atoms with Gasteiger partial charge in [0, 0.05) is 30.9 Å². The first kappa shape index (κ1) is 14.8. The van der Waals surface area contributed by atoms with Crippen molar-refractivity contribution >= 4 is 11.5 Å². The molecule has 2 fully saturated rings. The standard InChI is InChI=1S/C19H22N6/c1-24-11-9-15(16(24)13-5-3-2-4-6-13)21-17-19-23-22-18(14-7-8-14)25(19)12-10-20-17/h2-6,10,12,14-16H,7-9,11H2,1H3,(H,20,21)/t15-,16+/m0/s1. The zero-order valence-corrected chi connectivity index (χ0v) is 14.3. The van der Waals surface area contributed by atoms with Crippen molar-refractivity contribution in [3.8, 4) is 0 Å². The Bertz CT molecular complexity index is 885. The molecule has 1 aliphatic heterocycles. The molecule has 2 aliphatic rings. The number of likely N-dealkylation sites (tertiary alicyclic amines) is 1. The number of fused-ring (bicyclic) bond motifs is 1. The summed E-state index contributed by atoms with van der Waals surface area (Å²) in [6, 6.07) is 11.4. The second-order valence-corrected chi connectivity index (χ2v) is 7.18. The lowest BCUT2D eigenvalue weighted by molar-refractivity contribution is 0.309. The van der Waals surface area contributed by atoms with Crippen molar-refractivity contribution in [3.63, 3.8) is 0 Å². The van der Waals surface area contributed by atoms with Crippen LogP contribution < -0.4 is 5.32 Å². The van der Waals surface area contributed by atoms with Crippen LogP contribution in [0.4, 0.5) is 5.82 Å². The second-order valence-electron chi connectivity index (χ2n) is 7.18. The molecule has 1 saturated carbocycles. The molecule has 25 heavy (non-hydrogen) atoms. The van der Waals surface area contributed by atoms with E-state index in [1.165, 1.54) is 18.4 Å². The normalized spacial score (nSPS) is 24.0. The fourth-order valence-corrected chi connectivity index (χ4v) is 3.98. The molecule has 3 aromatic rings. The van der Waals surface area contributed by atoms with Gasteiger partial charge in [-0.15, -0.1) is 10.2 Å². The van der Waals surface area contributed by atoms with Gasteiger partial charge in [0.2, 0.25) is 5.65 Å². The summed E-state index contributed by atoms with van der Waals surface area (Å²) in [5.41, 5.74) is 2.18. The van der Waals surface area contributed by atoms with Crippen molar-refractivity contribution in [1.29, 1.82) is 0 Å². The molecule has 1 N–H and O–H groups in total. The molecule has 6 heteroatoms. The Morgan fingerprint density at radius 3 is 2.72 bits per heavy atom. The van der Waals surface area contributed by atoms with Gasteiger partial charge in [-0.25, -0.2) is 4.98 Å². The highest BCUT2D eigenvalue weighted by Crippen LogP contribution is 2.39. The van der Waals surface area contributed by atoms with E-state index < -0.39 is 0 Å². The molecule has 2 aromatic heterocycles. The summed E-state index contributed by atoms with van der Waals surface area (Å²) in [5.74, 6) is 2.48. The molecule has 128 valence electrons. The molecule has 3 heterocycles. The van der Waals surface area contributed by atoms with E-state index >= 15 is 0 Å². The van der Waals surface area contributed by atoms with Gasteiger partial charge in [-0.1, -0.05) is 30.3 Å². The SMILES string of the molecule is CN1CC[C@H](Nc2nccn3c(C4CC4)nnc23)[C@H]1c1ccccc1. The molecule has 5 rings (SSSR count). The van der Waals surface area contributed by atoms with E-state index in [-0.39, 0.29) is 0 Å². The number of nitrogens with zero attached hydrogens (tertiary/aromatic N) is 5. The summed E-state index contributed by atoms with van der Waals surface area (Å²) in [5, 5.41) is 12.5. The third kappa shape index (κ3) is 2.57. The number of likely N-dealkylation sites (N-methyl/N-ethyl adjacent to an activating group) is 1. The van der Waals surface area contributed by atoms with Gasteiger partial charge >= 0.3 is 0 Å². The molecule has 2 atom stereocenters. The Kier molecular flexibility index (Phi) is 3.45. The van der Waals surface area contributed by atoms with E-state index in [0.29, 0.717) is 18.0 Å². The van der Waals surface area contributed by atoms with Gasteiger partial charge in [0.05, 0.1) is 6.04 Å². The minimum absolute atomic E-state index is 0.312. The summed E-state index contributed by atoms with van der Waals surface area (Å²) in [7, 11) is 2.19. The quantitative estimate of drug-likeness (QED) is 0.795. The lowest BCUT2D eigenvalue weighted by Gasteiger charge is -2.26. The average Bonchev–Trinajstić information content (AvgIpc) is 3.29. The fraction of sp³-hybridized carbons (Fsp3) is 0.421. The molecule has 0 unspecified atom stereocenters. The highest BCUT2D eigenvalue weighted by atomic mass is 15.3. The predicted octanol–water partition coefficient (Wildman–Crippen LogP) is 2.86. The van der Waals surface area contributed by atoms with Gasteiger partial charge < -0.3 is 5.32 Å². The predicted molar refractivity (Wildman–Crippen MR) is 96.6 cm³/mol. The lowest BCUT2D eigenvalue weighted by atomic mass is 10.0. The minimum atomic E-state index is 0.312. The fourth-order valence-electron chi connectivity index (χ4n) is 3.98. The number of nitrogens with one attached hydrogen (secondary N) is 1. The van der Waals surface area contributed by atoms with E-state index in [9.17, 15) is 0 Å². The third-order valence-electron chi connectivity index (χ3n) is 5.41. The van der Waals surface area contributed by atoms with Crippen molar-refractivity contribution in [3.05, 3.63) is 54.1 Å². The largest absolute Gasteiger partial charge is 0.362 e. The van der Waals surface area contributed by atoms with Crippen molar-refractivity contribution in [2.75, 3.05) is 18.9 Å². The zero-order chi connectivity index (χ0) is 16.8. The number of anilines is 1. The Hall–Kier alpha value is -2.47. The van der Waals surface area contributed by atoms with Crippen LogP contribution in [0, 0.1) is 0 Å². The van der Waals surface area contributed by atoms with Gasteiger partial charge in [-0.2, -0.15) is 0 Å². The van der Waals surface area contributed by atoms with Crippen molar-refractivity contribution in [2.45, 2.75) is 37.3 Å². The second kappa shape index (κ2) is 5.81. The maximum Gasteiger partial charge on any atom is 0.203 e. The topological polar surface area (TPSA) is 58.4 Å². The number of rotatable bonds is 4. The van der Waals surface area contributed by atoms with Crippen molar-refractivity contribution in [2.24, 2.45) is 0 Å². The van der Waals surface area contributed by atoms with Crippen LogP contribution in [-0.4, -0.2) is 44.1 Å². The molecule has 1 saturated heterocycles. The molecule has 0 amide bonds. The first-order valence-corrected chi connectivity index (χ1v) is 9.02. The number of benzene rings is 1. The smallest absolute Gasteiger partial charge is 0.203 e. The van der Waals surface area contributed by atoms with E-state index in [1.54, 1.807) is 0 Å². The minimum Gasteiger partial charge on any atom is -0.362 e. The molecule has 1 aliphatic carbocycles. The van der Waals surface area contributed by atoms with E-state index in [4.69, 9.17) is 0 Å². The number of hydrogen-bond donors (Lipinski definition) is 1. The third-order valence-corrected chi connectivity index (χ3v) is 5.41. The van der Waals surface area contributed by atoms with Gasteiger partial charge in [0.25, 0.3) is 0 Å². The molecule has 0 bridgehead atoms. The molecular formula is C19H22N6. The Labute approximate surface area is 146 Å². The highest BCUT2D eigenvalue weighted by molar-refractivity contribution is 5.63. The van der Waals surface area contributed by atoms with Crippen LogP contribution in [-0.2, 0) is 0 Å². The molecule has 6 nitrogen and oxygen atoms in total. The van der Waals surface area contributed by atoms with E-state index in [1.807, 2.05) is 12.4 Å². The van der Waals surface area contributed by atoms with Crippen LogP contribution in [0.1, 0.15) is 42.6 Å². The summed E-state index contributed by atoms with van der Waals surface area (Å²) >= 11 is 0. The van der Waals surface area contributed by atoms with Crippen molar-refractivity contribution in [1.82, 2.24) is 24.5 Å². The van der Waals surface area contributed by atoms with Gasteiger partial charge in [-0.05, 0) is 31.9 Å². The van der Waals surface area contributed by atoms with E-state index in [2.05, 4.69) is 67.2 Å². The number of hydrogen-bond acceptors (Lipinski definition) is 5. The van der Waals surface area contributed by atoms with E-state index in [0.717, 1.165) is 30.3 Å². The van der Waals surface area contributed by atoms with Crippen molar-refractivity contribution < 1.29 is 0 Å². The Morgan fingerprint density at radius 2 is 1.92 bits per heavy atom. The van der Waals surface area contributed by atoms with Crippen LogP contribution in [0.2, 0.25) is 0 Å². The first-order chi connectivity index (χ1) is 12.3. The van der Waals surface area contributed by atoms with Gasteiger partial charge in [0.1, 0.15) is 5.82 Å².